The van der Waals surface area contributed by atoms with Crippen LogP contribution in [0.2, 0.25) is 0 Å². The lowest BCUT2D eigenvalue weighted by Gasteiger charge is -2.17. The van der Waals surface area contributed by atoms with E-state index in [2.05, 4.69) is 5.32 Å². The third kappa shape index (κ3) is 6.34. The smallest absolute Gasteiger partial charge is 0.338 e. The highest BCUT2D eigenvalue weighted by Gasteiger charge is 2.36. The van der Waals surface area contributed by atoms with Crippen molar-refractivity contribution in [1.29, 1.82) is 0 Å². The minimum absolute atomic E-state index is 0.0199. The first kappa shape index (κ1) is 24.8. The number of esters is 2. The van der Waals surface area contributed by atoms with Crippen LogP contribution in [0.15, 0.2) is 48.5 Å². The summed E-state index contributed by atoms with van der Waals surface area (Å²) in [6.07, 6.45) is 0.708. The molecule has 0 radical (unpaired) electrons. The van der Waals surface area contributed by atoms with Gasteiger partial charge < -0.3 is 24.4 Å². The summed E-state index contributed by atoms with van der Waals surface area (Å²) in [6, 6.07) is 13.4. The van der Waals surface area contributed by atoms with Gasteiger partial charge in [-0.15, -0.1) is 0 Å². The first-order valence-corrected chi connectivity index (χ1v) is 11.2. The minimum atomic E-state index is -0.690. The minimum Gasteiger partial charge on any atom is -0.492 e. The van der Waals surface area contributed by atoms with E-state index in [4.69, 9.17) is 14.2 Å². The molecule has 2 aromatic carbocycles. The Labute approximate surface area is 198 Å². The van der Waals surface area contributed by atoms with Crippen LogP contribution in [0.25, 0.3) is 0 Å². The Kier molecular flexibility index (Phi) is 8.61. The van der Waals surface area contributed by atoms with Gasteiger partial charge in [0.25, 0.3) is 5.91 Å². The lowest BCUT2D eigenvalue weighted by Crippen LogP contribution is -2.28. The fraction of sp³-hybridized carbons (Fsp3) is 0.360. The van der Waals surface area contributed by atoms with Gasteiger partial charge >= 0.3 is 11.9 Å². The standard InChI is InChI=1S/C25H28N2O7/c1-3-13-33-24(30)17-9-11-19(12-10-17)27-15-18(14-23(27)29)25(31)34-16-22(28)26-20-7-5-6-8-21(20)32-4-2/h5-12,18H,3-4,13-16H2,1-2H3,(H,26,28)/t18-/m0/s1. The normalized spacial score (nSPS) is 15.1. The van der Waals surface area contributed by atoms with Gasteiger partial charge in [0.05, 0.1) is 30.4 Å². The summed E-state index contributed by atoms with van der Waals surface area (Å²) in [6.45, 7) is 4.18. The van der Waals surface area contributed by atoms with Crippen molar-refractivity contribution in [2.75, 3.05) is 36.6 Å². The van der Waals surface area contributed by atoms with Crippen molar-refractivity contribution in [3.8, 4) is 5.75 Å². The van der Waals surface area contributed by atoms with Gasteiger partial charge in [-0.1, -0.05) is 19.1 Å². The largest absolute Gasteiger partial charge is 0.492 e. The van der Waals surface area contributed by atoms with E-state index in [1.807, 2.05) is 13.8 Å². The molecule has 0 aliphatic carbocycles. The number of anilines is 2. The second-order valence-corrected chi connectivity index (χ2v) is 7.67. The summed E-state index contributed by atoms with van der Waals surface area (Å²) < 4.78 is 15.7. The number of rotatable bonds is 10. The molecule has 34 heavy (non-hydrogen) atoms. The van der Waals surface area contributed by atoms with Crippen LogP contribution in [-0.4, -0.2) is 50.1 Å². The zero-order valence-electron chi connectivity index (χ0n) is 19.2. The molecule has 1 N–H and O–H groups in total. The van der Waals surface area contributed by atoms with Gasteiger partial charge in [-0.3, -0.25) is 14.4 Å². The number of ether oxygens (including phenoxy) is 3. The van der Waals surface area contributed by atoms with E-state index < -0.39 is 30.4 Å². The molecule has 9 heteroatoms. The van der Waals surface area contributed by atoms with E-state index in [9.17, 15) is 19.2 Å². The third-order valence-electron chi connectivity index (χ3n) is 5.12. The maximum absolute atomic E-state index is 12.5. The van der Waals surface area contributed by atoms with E-state index in [0.717, 1.165) is 6.42 Å². The highest BCUT2D eigenvalue weighted by molar-refractivity contribution is 6.00. The quantitative estimate of drug-likeness (QED) is 0.533. The molecule has 1 saturated heterocycles. The van der Waals surface area contributed by atoms with Crippen molar-refractivity contribution in [3.05, 3.63) is 54.1 Å². The van der Waals surface area contributed by atoms with Gasteiger partial charge in [-0.05, 0) is 49.7 Å². The molecule has 0 bridgehead atoms. The summed E-state index contributed by atoms with van der Waals surface area (Å²) >= 11 is 0. The maximum Gasteiger partial charge on any atom is 0.338 e. The summed E-state index contributed by atoms with van der Waals surface area (Å²) in [7, 11) is 0. The van der Waals surface area contributed by atoms with Crippen LogP contribution < -0.4 is 15.0 Å². The van der Waals surface area contributed by atoms with Crippen LogP contribution in [0.4, 0.5) is 11.4 Å². The lowest BCUT2D eigenvalue weighted by molar-refractivity contribution is -0.151. The van der Waals surface area contributed by atoms with E-state index in [0.29, 0.717) is 35.9 Å². The molecular formula is C25H28N2O7. The molecule has 180 valence electrons. The zero-order valence-corrected chi connectivity index (χ0v) is 19.2. The summed E-state index contributed by atoms with van der Waals surface area (Å²) in [4.78, 5) is 50.6. The van der Waals surface area contributed by atoms with Gasteiger partial charge in [0.15, 0.2) is 6.61 Å². The van der Waals surface area contributed by atoms with Crippen LogP contribution in [0.5, 0.6) is 5.75 Å². The maximum atomic E-state index is 12.5. The fourth-order valence-electron chi connectivity index (χ4n) is 3.46. The van der Waals surface area contributed by atoms with E-state index >= 15 is 0 Å². The molecule has 1 aliphatic heterocycles. The van der Waals surface area contributed by atoms with Crippen LogP contribution >= 0.6 is 0 Å². The van der Waals surface area contributed by atoms with Gasteiger partial charge in [0.1, 0.15) is 5.75 Å². The van der Waals surface area contributed by atoms with Crippen molar-refractivity contribution < 1.29 is 33.4 Å². The van der Waals surface area contributed by atoms with Crippen LogP contribution in [0.1, 0.15) is 37.0 Å². The van der Waals surface area contributed by atoms with Gasteiger partial charge in [0.2, 0.25) is 5.91 Å². The van der Waals surface area contributed by atoms with Crippen molar-refractivity contribution in [2.45, 2.75) is 26.7 Å². The summed E-state index contributed by atoms with van der Waals surface area (Å²) in [5.74, 6) is -1.96. The number of benzene rings is 2. The monoisotopic (exact) mass is 468 g/mol. The molecule has 0 unspecified atom stereocenters. The Morgan fingerprint density at radius 2 is 1.76 bits per heavy atom. The second-order valence-electron chi connectivity index (χ2n) is 7.67. The predicted molar refractivity (Wildman–Crippen MR) is 125 cm³/mol. The Morgan fingerprint density at radius 1 is 1.03 bits per heavy atom. The van der Waals surface area contributed by atoms with Crippen LogP contribution in [-0.2, 0) is 23.9 Å². The Balaban J connectivity index is 1.52. The Morgan fingerprint density at radius 3 is 2.47 bits per heavy atom. The number of nitrogens with one attached hydrogen (secondary N) is 1. The highest BCUT2D eigenvalue weighted by atomic mass is 16.5. The number of amides is 2. The van der Waals surface area contributed by atoms with Crippen molar-refractivity contribution in [3.63, 3.8) is 0 Å². The topological polar surface area (TPSA) is 111 Å². The molecule has 9 nitrogen and oxygen atoms in total. The van der Waals surface area contributed by atoms with E-state index in [-0.39, 0.29) is 18.9 Å². The van der Waals surface area contributed by atoms with E-state index in [1.165, 1.54) is 4.90 Å². The number of hydrogen-bond donors (Lipinski definition) is 1. The predicted octanol–water partition coefficient (Wildman–Crippen LogP) is 3.19. The fourth-order valence-corrected chi connectivity index (χ4v) is 3.46. The SMILES string of the molecule is CCCOC(=O)c1ccc(N2C[C@@H](C(=O)OCC(=O)Nc3ccccc3OCC)CC2=O)cc1. The molecule has 1 fully saturated rings. The molecule has 1 aliphatic rings. The molecular weight excluding hydrogens is 440 g/mol. The molecule has 1 atom stereocenters. The number of hydrogen-bond acceptors (Lipinski definition) is 7. The molecule has 0 spiro atoms. The number of para-hydroxylation sites is 2. The van der Waals surface area contributed by atoms with Crippen LogP contribution in [0, 0.1) is 5.92 Å². The number of carbonyl (C=O) groups is 4. The molecule has 2 aromatic rings. The molecule has 2 amide bonds. The molecule has 1 heterocycles. The number of carbonyl (C=O) groups excluding carboxylic acids is 4. The van der Waals surface area contributed by atoms with E-state index in [1.54, 1.807) is 48.5 Å². The highest BCUT2D eigenvalue weighted by Crippen LogP contribution is 2.27. The first-order chi connectivity index (χ1) is 16.4. The first-order valence-electron chi connectivity index (χ1n) is 11.2. The van der Waals surface area contributed by atoms with Gasteiger partial charge in [0, 0.05) is 18.7 Å². The average molecular weight is 469 g/mol. The lowest BCUT2D eigenvalue weighted by atomic mass is 10.1. The van der Waals surface area contributed by atoms with Crippen molar-refractivity contribution in [1.82, 2.24) is 0 Å². The molecule has 0 saturated carbocycles. The van der Waals surface area contributed by atoms with Crippen molar-refractivity contribution in [2.24, 2.45) is 5.92 Å². The summed E-state index contributed by atoms with van der Waals surface area (Å²) in [5, 5.41) is 2.66. The molecule has 3 rings (SSSR count). The van der Waals surface area contributed by atoms with Crippen LogP contribution in [0.3, 0.4) is 0 Å². The third-order valence-corrected chi connectivity index (χ3v) is 5.12. The molecule has 0 aromatic heterocycles. The van der Waals surface area contributed by atoms with Gasteiger partial charge in [-0.25, -0.2) is 4.79 Å². The Hall–Kier alpha value is -3.88. The Bertz CT molecular complexity index is 1040. The second kappa shape index (κ2) is 11.8. The summed E-state index contributed by atoms with van der Waals surface area (Å²) in [5.41, 5.74) is 1.43. The van der Waals surface area contributed by atoms with Gasteiger partial charge in [-0.2, -0.15) is 0 Å². The number of nitrogens with zero attached hydrogens (tertiary/aromatic N) is 1. The average Bonchev–Trinajstić information content (AvgIpc) is 3.24. The van der Waals surface area contributed by atoms with Crippen molar-refractivity contribution >= 4 is 35.1 Å². The zero-order chi connectivity index (χ0) is 24.5.